The van der Waals surface area contributed by atoms with Crippen LogP contribution >= 0.6 is 11.8 Å². The van der Waals surface area contributed by atoms with Crippen LogP contribution in [0.2, 0.25) is 0 Å². The maximum atomic E-state index is 13.0. The molecule has 3 aromatic rings. The number of nitrogens with zero attached hydrogens (tertiary/aromatic N) is 6. The highest BCUT2D eigenvalue weighted by atomic mass is 32.2. The highest BCUT2D eigenvalue weighted by Crippen LogP contribution is 2.39. The number of hydrogen-bond acceptors (Lipinski definition) is 6. The van der Waals surface area contributed by atoms with Gasteiger partial charge in [-0.3, -0.25) is 14.3 Å². The largest absolute Gasteiger partial charge is 0.299 e. The third-order valence-corrected chi connectivity index (χ3v) is 7.43. The van der Waals surface area contributed by atoms with E-state index in [0.717, 1.165) is 40.7 Å². The molecule has 0 radical (unpaired) electrons. The lowest BCUT2D eigenvalue weighted by Crippen LogP contribution is -2.26. The number of amides is 1. The molecule has 2 aliphatic rings. The first kappa shape index (κ1) is 21.8. The Bertz CT molecular complexity index is 1130. The molecular weight excluding hydrogens is 432 g/mol. The summed E-state index contributed by atoms with van der Waals surface area (Å²) in [6.45, 7) is 2.93. The van der Waals surface area contributed by atoms with Gasteiger partial charge in [-0.1, -0.05) is 61.9 Å². The van der Waals surface area contributed by atoms with E-state index in [1.807, 2.05) is 48.7 Å². The normalized spacial score (nSPS) is 20.6. The number of benzene rings is 1. The highest BCUT2D eigenvalue weighted by molar-refractivity contribution is 7.99. The molecule has 170 valence electrons. The molecule has 2 unspecified atom stereocenters. The van der Waals surface area contributed by atoms with E-state index in [1.54, 1.807) is 11.2 Å². The zero-order valence-corrected chi connectivity index (χ0v) is 19.6. The summed E-state index contributed by atoms with van der Waals surface area (Å²) in [5, 5.41) is 16.0. The maximum absolute atomic E-state index is 13.0. The fourth-order valence-electron chi connectivity index (χ4n) is 4.72. The molecule has 1 aliphatic carbocycles. The summed E-state index contributed by atoms with van der Waals surface area (Å²) in [6.07, 6.45) is 9.14. The molecule has 1 saturated carbocycles. The zero-order valence-electron chi connectivity index (χ0n) is 18.8. The van der Waals surface area contributed by atoms with E-state index in [2.05, 4.69) is 31.8 Å². The minimum atomic E-state index is 0.0000940. The van der Waals surface area contributed by atoms with Gasteiger partial charge in [0, 0.05) is 30.4 Å². The Morgan fingerprint density at radius 2 is 1.88 bits per heavy atom. The second kappa shape index (κ2) is 9.87. The first-order valence-electron chi connectivity index (χ1n) is 11.6. The number of rotatable bonds is 6. The van der Waals surface area contributed by atoms with Crippen LogP contribution in [0.4, 0.5) is 0 Å². The van der Waals surface area contributed by atoms with E-state index >= 15 is 0 Å². The van der Waals surface area contributed by atoms with Crippen molar-refractivity contribution in [2.75, 3.05) is 12.3 Å². The van der Waals surface area contributed by atoms with E-state index in [1.165, 1.54) is 31.0 Å². The van der Waals surface area contributed by atoms with Gasteiger partial charge >= 0.3 is 0 Å². The Balaban J connectivity index is 1.35. The molecule has 7 nitrogen and oxygen atoms in total. The second-order valence-electron chi connectivity index (χ2n) is 8.72. The minimum absolute atomic E-state index is 0.0000940. The lowest BCUT2D eigenvalue weighted by Gasteiger charge is -2.31. The molecule has 0 spiro atoms. The molecule has 33 heavy (non-hydrogen) atoms. The predicted octanol–water partition coefficient (Wildman–Crippen LogP) is 4.82. The van der Waals surface area contributed by atoms with Crippen molar-refractivity contribution in [3.63, 3.8) is 0 Å². The Morgan fingerprint density at radius 3 is 2.67 bits per heavy atom. The van der Waals surface area contributed by atoms with Gasteiger partial charge in [-0.05, 0) is 36.5 Å². The smallest absolute Gasteiger partial charge is 0.253 e. The molecule has 2 aromatic heterocycles. The van der Waals surface area contributed by atoms with Crippen molar-refractivity contribution in [2.24, 2.45) is 11.0 Å². The first-order chi connectivity index (χ1) is 16.2. The Hall–Kier alpha value is -3.00. The number of aromatic nitrogens is 4. The third-order valence-electron chi connectivity index (χ3n) is 6.50. The zero-order chi connectivity index (χ0) is 22.6. The average Bonchev–Trinajstić information content (AvgIpc) is 3.52. The predicted molar refractivity (Wildman–Crippen MR) is 130 cm³/mol. The van der Waals surface area contributed by atoms with E-state index in [0.29, 0.717) is 18.5 Å². The molecule has 0 N–H and O–H groups in total. The molecule has 0 bridgehead atoms. The van der Waals surface area contributed by atoms with Crippen molar-refractivity contribution in [3.05, 3.63) is 60.4 Å². The summed E-state index contributed by atoms with van der Waals surface area (Å²) in [4.78, 5) is 17.2. The average molecular weight is 461 g/mol. The van der Waals surface area contributed by atoms with Gasteiger partial charge in [0.05, 0.1) is 18.0 Å². The van der Waals surface area contributed by atoms with E-state index in [4.69, 9.17) is 0 Å². The summed E-state index contributed by atoms with van der Waals surface area (Å²) < 4.78 is 2.25. The van der Waals surface area contributed by atoms with Gasteiger partial charge in [0.2, 0.25) is 0 Å². The van der Waals surface area contributed by atoms with Crippen LogP contribution in [0.15, 0.2) is 65.1 Å². The molecule has 1 fully saturated rings. The van der Waals surface area contributed by atoms with Crippen LogP contribution in [0.3, 0.4) is 0 Å². The van der Waals surface area contributed by atoms with Crippen molar-refractivity contribution in [3.8, 4) is 11.4 Å². The first-order valence-corrected chi connectivity index (χ1v) is 12.6. The van der Waals surface area contributed by atoms with E-state index < -0.39 is 0 Å². The molecule has 1 aromatic carbocycles. The van der Waals surface area contributed by atoms with Crippen LogP contribution in [0.25, 0.3) is 11.4 Å². The van der Waals surface area contributed by atoms with Crippen LogP contribution in [-0.4, -0.2) is 48.7 Å². The highest BCUT2D eigenvalue weighted by Gasteiger charge is 2.29. The molecule has 1 amide bonds. The third kappa shape index (κ3) is 4.71. The monoisotopic (exact) mass is 460 g/mol. The molecule has 2 atom stereocenters. The van der Waals surface area contributed by atoms with Gasteiger partial charge in [-0.2, -0.15) is 5.10 Å². The van der Waals surface area contributed by atoms with Crippen molar-refractivity contribution in [1.29, 1.82) is 0 Å². The number of carbonyl (C=O) groups is 1. The topological polar surface area (TPSA) is 76.3 Å². The van der Waals surface area contributed by atoms with Crippen LogP contribution in [-0.2, 0) is 4.79 Å². The Kier molecular flexibility index (Phi) is 6.53. The second-order valence-corrected chi connectivity index (χ2v) is 9.66. The van der Waals surface area contributed by atoms with Crippen molar-refractivity contribution >= 4 is 23.4 Å². The summed E-state index contributed by atoms with van der Waals surface area (Å²) in [7, 11) is 0. The van der Waals surface area contributed by atoms with E-state index in [9.17, 15) is 4.79 Å². The fourth-order valence-corrected chi connectivity index (χ4v) is 5.58. The molecular formula is C25H28N6OS. The number of hydrogen-bond donors (Lipinski definition) is 0. The SMILES string of the molecule is CC1CCCCC1n1c(SCC(=O)N2CCC(c3ccccc3)=N2)nnc1-c1cccnc1. The summed E-state index contributed by atoms with van der Waals surface area (Å²) in [5.74, 6) is 1.66. The van der Waals surface area contributed by atoms with Crippen LogP contribution in [0.1, 0.15) is 50.6 Å². The quantitative estimate of drug-likeness (QED) is 0.493. The Labute approximate surface area is 198 Å². The number of carbonyl (C=O) groups excluding carboxylic acids is 1. The summed E-state index contributed by atoms with van der Waals surface area (Å²) in [5.41, 5.74) is 3.00. The summed E-state index contributed by atoms with van der Waals surface area (Å²) in [6, 6.07) is 14.3. The molecule has 1 aliphatic heterocycles. The number of hydrazone groups is 1. The molecule has 5 rings (SSSR count). The molecule has 8 heteroatoms. The fraction of sp³-hybridized carbons (Fsp3) is 0.400. The van der Waals surface area contributed by atoms with Crippen LogP contribution in [0.5, 0.6) is 0 Å². The lowest BCUT2D eigenvalue weighted by molar-refractivity contribution is -0.127. The van der Waals surface area contributed by atoms with Crippen molar-refractivity contribution < 1.29 is 4.79 Å². The van der Waals surface area contributed by atoms with Gasteiger partial charge in [0.1, 0.15) is 0 Å². The van der Waals surface area contributed by atoms with Crippen LogP contribution < -0.4 is 0 Å². The molecule has 0 saturated heterocycles. The van der Waals surface area contributed by atoms with Gasteiger partial charge in [-0.25, -0.2) is 5.01 Å². The van der Waals surface area contributed by atoms with Gasteiger partial charge in [0.25, 0.3) is 5.91 Å². The van der Waals surface area contributed by atoms with Crippen LogP contribution in [0, 0.1) is 5.92 Å². The van der Waals surface area contributed by atoms with Crippen molar-refractivity contribution in [1.82, 2.24) is 24.8 Å². The van der Waals surface area contributed by atoms with Gasteiger partial charge < -0.3 is 0 Å². The maximum Gasteiger partial charge on any atom is 0.253 e. The van der Waals surface area contributed by atoms with Gasteiger partial charge in [-0.15, -0.1) is 10.2 Å². The standard InChI is InChI=1S/C25H28N6OS/c1-18-8-5-6-12-22(18)31-24(20-11-7-14-26-16-20)27-28-25(31)33-17-23(32)30-15-13-21(29-30)19-9-3-2-4-10-19/h2-4,7,9-11,14,16,18,22H,5-6,8,12-13,15,17H2,1H3. The van der Waals surface area contributed by atoms with E-state index in [-0.39, 0.29) is 11.7 Å². The minimum Gasteiger partial charge on any atom is -0.299 e. The Morgan fingerprint density at radius 1 is 1.06 bits per heavy atom. The van der Waals surface area contributed by atoms with Crippen molar-refractivity contribution in [2.45, 2.75) is 50.2 Å². The molecule has 3 heterocycles. The van der Waals surface area contributed by atoms with Gasteiger partial charge in [0.15, 0.2) is 11.0 Å². The number of pyridine rings is 1. The number of thioether (sulfide) groups is 1. The summed E-state index contributed by atoms with van der Waals surface area (Å²) >= 11 is 1.46. The lowest BCUT2D eigenvalue weighted by atomic mass is 9.85.